The Morgan fingerprint density at radius 1 is 0.333 bits per heavy atom. The standard InChI is InChI=1S/C73H57NO/c1-71(2,3)50-34-42-60-61-43-35-51(72(4,5)6)45-67(61)73(66(60)44-50)65-26-11-9-19-59(65)63-24-14-22-57(69(63)73)48-30-38-53(39-31-48)74(52-36-28-47(29-37-52)56-21-13-17-46-16-7-8-18-55(46)56)54-40-32-49(33-41-54)58-23-15-25-64-62-20-10-12-27-68(62)75-70(58)64/h7-45H,1-6H3. The van der Waals surface area contributed by atoms with E-state index in [1.54, 1.807) is 0 Å². The second-order valence-corrected chi connectivity index (χ2v) is 22.8. The topological polar surface area (TPSA) is 16.4 Å². The van der Waals surface area contributed by atoms with Gasteiger partial charge in [0.1, 0.15) is 11.2 Å². The minimum absolute atomic E-state index is 0.0249. The molecule has 0 fully saturated rings. The molecule has 2 aliphatic rings. The van der Waals surface area contributed by atoms with E-state index >= 15 is 0 Å². The molecule has 0 saturated heterocycles. The molecule has 2 heteroatoms. The largest absolute Gasteiger partial charge is 0.455 e. The van der Waals surface area contributed by atoms with Crippen molar-refractivity contribution in [3.63, 3.8) is 0 Å². The summed E-state index contributed by atoms with van der Waals surface area (Å²) in [5.41, 5.74) is 25.0. The Kier molecular flexibility index (Phi) is 9.98. The summed E-state index contributed by atoms with van der Waals surface area (Å²) in [4.78, 5) is 2.39. The zero-order chi connectivity index (χ0) is 50.8. The van der Waals surface area contributed by atoms with Crippen molar-refractivity contribution in [2.45, 2.75) is 57.8 Å². The van der Waals surface area contributed by atoms with Crippen molar-refractivity contribution < 1.29 is 4.42 Å². The van der Waals surface area contributed by atoms with Gasteiger partial charge in [0.25, 0.3) is 0 Å². The molecular formula is C73H57NO. The van der Waals surface area contributed by atoms with E-state index in [1.807, 2.05) is 6.07 Å². The van der Waals surface area contributed by atoms with Crippen LogP contribution in [-0.4, -0.2) is 0 Å². The van der Waals surface area contributed by atoms with Gasteiger partial charge in [-0.1, -0.05) is 236 Å². The predicted molar refractivity (Wildman–Crippen MR) is 316 cm³/mol. The number of fused-ring (bicyclic) bond motifs is 14. The summed E-state index contributed by atoms with van der Waals surface area (Å²) in [6.45, 7) is 14.0. The molecule has 0 aliphatic heterocycles. The summed E-state index contributed by atoms with van der Waals surface area (Å²) in [5.74, 6) is 0. The fourth-order valence-corrected chi connectivity index (χ4v) is 12.7. The van der Waals surface area contributed by atoms with Crippen LogP contribution >= 0.6 is 0 Å². The SMILES string of the molecule is CC(C)(C)c1ccc2c(c1)C1(c3cc(C(C)(C)C)ccc3-2)c2ccccc2-c2cccc(-c3ccc(N(c4ccc(-c5cccc6ccccc56)cc4)c4ccc(-c5cccc6c5oc5ccccc56)cc4)cc3)c21. The fourth-order valence-electron chi connectivity index (χ4n) is 12.7. The van der Waals surface area contributed by atoms with Crippen LogP contribution in [0, 0.1) is 0 Å². The molecule has 2 nitrogen and oxygen atoms in total. The normalized spacial score (nSPS) is 13.3. The van der Waals surface area contributed by atoms with E-state index in [0.717, 1.165) is 50.1 Å². The summed E-state index contributed by atoms with van der Waals surface area (Å²) < 4.78 is 6.51. The Morgan fingerprint density at radius 2 is 0.773 bits per heavy atom. The molecule has 0 bridgehead atoms. The highest BCUT2D eigenvalue weighted by molar-refractivity contribution is 6.09. The van der Waals surface area contributed by atoms with E-state index in [1.165, 1.54) is 88.7 Å². The zero-order valence-electron chi connectivity index (χ0n) is 43.4. The third-order valence-electron chi connectivity index (χ3n) is 16.4. The summed E-state index contributed by atoms with van der Waals surface area (Å²) in [6.07, 6.45) is 0. The van der Waals surface area contributed by atoms with Crippen LogP contribution in [0.1, 0.15) is 74.9 Å². The maximum Gasteiger partial charge on any atom is 0.143 e. The monoisotopic (exact) mass is 963 g/mol. The van der Waals surface area contributed by atoms with Gasteiger partial charge in [-0.25, -0.2) is 0 Å². The van der Waals surface area contributed by atoms with Crippen LogP contribution < -0.4 is 4.90 Å². The Hall–Kier alpha value is -8.72. The number of para-hydroxylation sites is 2. The molecule has 75 heavy (non-hydrogen) atoms. The van der Waals surface area contributed by atoms with Gasteiger partial charge in [0, 0.05) is 33.4 Å². The van der Waals surface area contributed by atoms with Crippen LogP contribution in [-0.2, 0) is 16.2 Å². The van der Waals surface area contributed by atoms with Crippen LogP contribution in [0.2, 0.25) is 0 Å². The zero-order valence-corrected chi connectivity index (χ0v) is 43.4. The smallest absolute Gasteiger partial charge is 0.143 e. The molecule has 1 aromatic heterocycles. The average molecular weight is 964 g/mol. The summed E-state index contributed by atoms with van der Waals surface area (Å²) in [5, 5.41) is 4.75. The number of hydrogen-bond donors (Lipinski definition) is 0. The number of rotatable bonds is 6. The van der Waals surface area contributed by atoms with Gasteiger partial charge >= 0.3 is 0 Å². The Bertz CT molecular complexity index is 4160. The molecular weight excluding hydrogens is 907 g/mol. The Labute approximate surface area is 440 Å². The lowest BCUT2D eigenvalue weighted by atomic mass is 9.67. The molecule has 0 unspecified atom stereocenters. The van der Waals surface area contributed by atoms with Gasteiger partial charge in [-0.05, 0) is 148 Å². The fraction of sp³-hybridized carbons (Fsp3) is 0.123. The van der Waals surface area contributed by atoms with Gasteiger partial charge in [0.15, 0.2) is 0 Å². The molecule has 1 heterocycles. The van der Waals surface area contributed by atoms with Crippen molar-refractivity contribution in [2.75, 3.05) is 4.90 Å². The van der Waals surface area contributed by atoms with Crippen molar-refractivity contribution >= 4 is 49.8 Å². The van der Waals surface area contributed by atoms with Crippen LogP contribution in [0.3, 0.4) is 0 Å². The van der Waals surface area contributed by atoms with Gasteiger partial charge in [0.05, 0.1) is 5.41 Å². The quantitative estimate of drug-likeness (QED) is 0.165. The summed E-state index contributed by atoms with van der Waals surface area (Å²) in [7, 11) is 0. The first-order chi connectivity index (χ1) is 36.4. The highest BCUT2D eigenvalue weighted by Crippen LogP contribution is 2.65. The maximum absolute atomic E-state index is 6.51. The summed E-state index contributed by atoms with van der Waals surface area (Å²) in [6, 6.07) is 88.2. The molecule has 0 saturated carbocycles. The minimum atomic E-state index is -0.513. The molecule has 0 amide bonds. The van der Waals surface area contributed by atoms with Gasteiger partial charge in [-0.15, -0.1) is 0 Å². The van der Waals surface area contributed by atoms with Gasteiger partial charge in [0.2, 0.25) is 0 Å². The highest BCUT2D eigenvalue weighted by atomic mass is 16.3. The predicted octanol–water partition coefficient (Wildman–Crippen LogP) is 20.1. The summed E-state index contributed by atoms with van der Waals surface area (Å²) >= 11 is 0. The minimum Gasteiger partial charge on any atom is -0.455 e. The third kappa shape index (κ3) is 6.93. The molecule has 0 N–H and O–H groups in total. The number of hydrogen-bond acceptors (Lipinski definition) is 2. The van der Waals surface area contributed by atoms with Crippen LogP contribution in [0.4, 0.5) is 17.1 Å². The first-order valence-corrected chi connectivity index (χ1v) is 26.5. The molecule has 360 valence electrons. The van der Waals surface area contributed by atoms with Crippen molar-refractivity contribution in [1.82, 2.24) is 0 Å². The van der Waals surface area contributed by atoms with Crippen molar-refractivity contribution in [3.05, 3.63) is 270 Å². The van der Waals surface area contributed by atoms with Crippen LogP contribution in [0.15, 0.2) is 241 Å². The highest BCUT2D eigenvalue weighted by Gasteiger charge is 2.53. The van der Waals surface area contributed by atoms with Crippen LogP contribution in [0.5, 0.6) is 0 Å². The van der Waals surface area contributed by atoms with Crippen molar-refractivity contribution in [2.24, 2.45) is 0 Å². The van der Waals surface area contributed by atoms with E-state index in [0.29, 0.717) is 0 Å². The van der Waals surface area contributed by atoms with Gasteiger partial charge in [-0.2, -0.15) is 0 Å². The lowest BCUT2D eigenvalue weighted by molar-refractivity contribution is 0.586. The average Bonchev–Trinajstić information content (AvgIpc) is 4.25. The van der Waals surface area contributed by atoms with E-state index in [2.05, 4.69) is 277 Å². The number of benzene rings is 11. The number of anilines is 3. The van der Waals surface area contributed by atoms with Gasteiger partial charge < -0.3 is 9.32 Å². The lowest BCUT2D eigenvalue weighted by Gasteiger charge is -2.34. The molecule has 11 aromatic carbocycles. The molecule has 2 aliphatic carbocycles. The molecule has 12 aromatic rings. The Morgan fingerprint density at radius 3 is 1.41 bits per heavy atom. The second-order valence-electron chi connectivity index (χ2n) is 22.8. The third-order valence-corrected chi connectivity index (χ3v) is 16.4. The lowest BCUT2D eigenvalue weighted by Crippen LogP contribution is -2.28. The maximum atomic E-state index is 6.51. The van der Waals surface area contributed by atoms with E-state index in [-0.39, 0.29) is 10.8 Å². The van der Waals surface area contributed by atoms with Crippen molar-refractivity contribution in [1.29, 1.82) is 0 Å². The molecule has 1 spiro atoms. The first-order valence-electron chi connectivity index (χ1n) is 26.5. The van der Waals surface area contributed by atoms with E-state index in [4.69, 9.17) is 4.42 Å². The van der Waals surface area contributed by atoms with Crippen molar-refractivity contribution in [3.8, 4) is 55.6 Å². The molecule has 0 atom stereocenters. The molecule has 0 radical (unpaired) electrons. The number of furan rings is 1. The second kappa shape index (κ2) is 16.6. The van der Waals surface area contributed by atoms with E-state index < -0.39 is 5.41 Å². The van der Waals surface area contributed by atoms with E-state index in [9.17, 15) is 0 Å². The first kappa shape index (κ1) is 44.9. The molecule has 14 rings (SSSR count). The van der Waals surface area contributed by atoms with Gasteiger partial charge in [-0.3, -0.25) is 0 Å². The van der Waals surface area contributed by atoms with Crippen LogP contribution in [0.25, 0.3) is 88.3 Å². The Balaban J connectivity index is 0.925. The number of nitrogens with zero attached hydrogens (tertiary/aromatic N) is 1.